The van der Waals surface area contributed by atoms with E-state index in [2.05, 4.69) is 41.7 Å². The minimum absolute atomic E-state index is 0.215. The largest absolute Gasteiger partial charge is 0.494 e. The van der Waals surface area contributed by atoms with Crippen LogP contribution in [0, 0.1) is 0 Å². The van der Waals surface area contributed by atoms with Gasteiger partial charge in [0.05, 0.1) is 24.2 Å². The minimum atomic E-state index is -3.37. The Morgan fingerprint density at radius 1 is 0.870 bits per heavy atom. The number of sulfone groups is 1. The smallest absolute Gasteiger partial charge is 0.323 e. The molecule has 238 valence electrons. The summed E-state index contributed by atoms with van der Waals surface area (Å²) in [6.45, 7) is 6.21. The Morgan fingerprint density at radius 3 is 2.26 bits per heavy atom. The lowest BCUT2D eigenvalue weighted by Gasteiger charge is -2.26. The van der Waals surface area contributed by atoms with Crippen LogP contribution >= 0.6 is 0 Å². The molecule has 10 heteroatoms. The Kier molecular flexibility index (Phi) is 9.48. The molecule has 0 aliphatic rings. The first-order chi connectivity index (χ1) is 22.0. The molecule has 9 nitrogen and oxygen atoms in total. The second kappa shape index (κ2) is 13.5. The number of hydrogen-bond acceptors (Lipinski definition) is 7. The zero-order valence-corrected chi connectivity index (χ0v) is 27.4. The van der Waals surface area contributed by atoms with Crippen LogP contribution in [0.2, 0.25) is 0 Å². The lowest BCUT2D eigenvalue weighted by Crippen LogP contribution is -2.22. The number of fused-ring (bicyclic) bond motifs is 1. The van der Waals surface area contributed by atoms with Gasteiger partial charge in [0.1, 0.15) is 23.1 Å². The fraction of sp³-hybridized carbons (Fsp3) is 0.222. The van der Waals surface area contributed by atoms with Crippen molar-refractivity contribution in [1.29, 1.82) is 0 Å². The predicted octanol–water partition coefficient (Wildman–Crippen LogP) is 8.66. The number of benzene rings is 4. The number of anilines is 4. The summed E-state index contributed by atoms with van der Waals surface area (Å²) in [5.41, 5.74) is 3.00. The lowest BCUT2D eigenvalue weighted by atomic mass is 9.81. The Morgan fingerprint density at radius 2 is 1.57 bits per heavy atom. The molecule has 1 aromatic heterocycles. The average Bonchev–Trinajstić information content (AvgIpc) is 3.02. The SMILES string of the molecule is CCC(C)(C)c1cc(CS(C)(=O)=O)c(OC)c(NC(=O)Nc2ccc(Oc3ccnc(Nc4ccccc4)c3)c3ccccc23)c1. The van der Waals surface area contributed by atoms with E-state index in [-0.39, 0.29) is 11.2 Å². The van der Waals surface area contributed by atoms with Crippen molar-refractivity contribution in [3.63, 3.8) is 0 Å². The van der Waals surface area contributed by atoms with Gasteiger partial charge in [-0.25, -0.2) is 18.2 Å². The molecule has 46 heavy (non-hydrogen) atoms. The van der Waals surface area contributed by atoms with E-state index in [4.69, 9.17) is 9.47 Å². The Labute approximate surface area is 269 Å². The van der Waals surface area contributed by atoms with Crippen molar-refractivity contribution < 1.29 is 22.7 Å². The molecule has 1 heterocycles. The van der Waals surface area contributed by atoms with E-state index in [9.17, 15) is 13.2 Å². The maximum absolute atomic E-state index is 13.4. The maximum Gasteiger partial charge on any atom is 0.323 e. The molecular weight excluding hydrogens is 600 g/mol. The van der Waals surface area contributed by atoms with Gasteiger partial charge in [0, 0.05) is 40.5 Å². The molecule has 0 aliphatic heterocycles. The van der Waals surface area contributed by atoms with E-state index < -0.39 is 15.9 Å². The van der Waals surface area contributed by atoms with Gasteiger partial charge in [0.2, 0.25) is 0 Å². The summed E-state index contributed by atoms with van der Waals surface area (Å²) in [7, 11) is -1.90. The van der Waals surface area contributed by atoms with Crippen LogP contribution < -0.4 is 25.4 Å². The molecular formula is C36H38N4O5S. The Bertz CT molecular complexity index is 1980. The molecule has 3 N–H and O–H groups in total. The molecule has 0 aliphatic carbocycles. The van der Waals surface area contributed by atoms with E-state index in [0.29, 0.717) is 40.0 Å². The van der Waals surface area contributed by atoms with Gasteiger partial charge in [-0.15, -0.1) is 0 Å². The molecule has 5 aromatic rings. The first-order valence-electron chi connectivity index (χ1n) is 14.9. The fourth-order valence-corrected chi connectivity index (χ4v) is 5.87. The molecule has 0 fully saturated rings. The molecule has 0 radical (unpaired) electrons. The topological polar surface area (TPSA) is 119 Å². The van der Waals surface area contributed by atoms with E-state index in [1.165, 1.54) is 13.4 Å². The summed E-state index contributed by atoms with van der Waals surface area (Å²) >= 11 is 0. The summed E-state index contributed by atoms with van der Waals surface area (Å²) in [4.78, 5) is 17.8. The van der Waals surface area contributed by atoms with Gasteiger partial charge >= 0.3 is 6.03 Å². The van der Waals surface area contributed by atoms with Gasteiger partial charge in [-0.2, -0.15) is 0 Å². The second-order valence-corrected chi connectivity index (χ2v) is 13.9. The summed E-state index contributed by atoms with van der Waals surface area (Å²) in [5.74, 6) is 1.95. The molecule has 0 bridgehead atoms. The third kappa shape index (κ3) is 7.76. The van der Waals surface area contributed by atoms with Crippen LogP contribution in [0.15, 0.2) is 97.2 Å². The highest BCUT2D eigenvalue weighted by molar-refractivity contribution is 7.89. The van der Waals surface area contributed by atoms with E-state index in [0.717, 1.165) is 28.4 Å². The number of urea groups is 1. The number of methoxy groups -OCH3 is 1. The monoisotopic (exact) mass is 638 g/mol. The molecule has 2 amide bonds. The molecule has 0 spiro atoms. The number of ether oxygens (including phenoxy) is 2. The minimum Gasteiger partial charge on any atom is -0.494 e. The van der Waals surface area contributed by atoms with Gasteiger partial charge in [0.15, 0.2) is 9.84 Å². The van der Waals surface area contributed by atoms with Crippen molar-refractivity contribution >= 4 is 49.5 Å². The van der Waals surface area contributed by atoms with Crippen LogP contribution in [0.4, 0.5) is 27.7 Å². The number of hydrogen-bond donors (Lipinski definition) is 3. The van der Waals surface area contributed by atoms with Crippen LogP contribution in [-0.4, -0.2) is 32.8 Å². The number of para-hydroxylation sites is 1. The average molecular weight is 639 g/mol. The molecule has 0 atom stereocenters. The lowest BCUT2D eigenvalue weighted by molar-refractivity contribution is 0.262. The normalized spacial score (nSPS) is 11.6. The van der Waals surface area contributed by atoms with Crippen molar-refractivity contribution in [3.8, 4) is 17.2 Å². The Balaban J connectivity index is 1.41. The summed E-state index contributed by atoms with van der Waals surface area (Å²) in [5, 5.41) is 10.7. The van der Waals surface area contributed by atoms with Crippen molar-refractivity contribution in [2.75, 3.05) is 29.3 Å². The quantitative estimate of drug-likeness (QED) is 0.132. The zero-order chi connectivity index (χ0) is 32.9. The van der Waals surface area contributed by atoms with E-state index in [1.807, 2.05) is 72.8 Å². The van der Waals surface area contributed by atoms with Gasteiger partial charge < -0.3 is 25.4 Å². The van der Waals surface area contributed by atoms with Crippen LogP contribution in [0.25, 0.3) is 10.8 Å². The molecule has 0 unspecified atom stereocenters. The number of nitrogens with zero attached hydrogens (tertiary/aromatic N) is 1. The maximum atomic E-state index is 13.4. The number of pyridine rings is 1. The van der Waals surface area contributed by atoms with Crippen LogP contribution in [0.3, 0.4) is 0 Å². The van der Waals surface area contributed by atoms with Crippen molar-refractivity contribution in [3.05, 3.63) is 108 Å². The van der Waals surface area contributed by atoms with Crippen molar-refractivity contribution in [2.24, 2.45) is 0 Å². The number of carbonyl (C=O) groups is 1. The summed E-state index contributed by atoms with van der Waals surface area (Å²) in [6.07, 6.45) is 3.67. The highest BCUT2D eigenvalue weighted by Crippen LogP contribution is 2.39. The van der Waals surface area contributed by atoms with Crippen LogP contribution in [0.5, 0.6) is 17.2 Å². The fourth-order valence-electron chi connectivity index (χ4n) is 5.09. The van der Waals surface area contributed by atoms with E-state index >= 15 is 0 Å². The van der Waals surface area contributed by atoms with Gasteiger partial charge in [0.25, 0.3) is 0 Å². The van der Waals surface area contributed by atoms with Gasteiger partial charge in [-0.05, 0) is 53.8 Å². The molecule has 0 saturated carbocycles. The van der Waals surface area contributed by atoms with E-state index in [1.54, 1.807) is 24.4 Å². The number of carbonyl (C=O) groups excluding carboxylic acids is 1. The number of amides is 2. The third-order valence-corrected chi connectivity index (χ3v) is 8.67. The second-order valence-electron chi connectivity index (χ2n) is 11.7. The van der Waals surface area contributed by atoms with Gasteiger partial charge in [-0.3, -0.25) is 0 Å². The molecule has 4 aromatic carbocycles. The van der Waals surface area contributed by atoms with Crippen molar-refractivity contribution in [2.45, 2.75) is 38.4 Å². The Hall–Kier alpha value is -5.09. The predicted molar refractivity (Wildman–Crippen MR) is 185 cm³/mol. The molecule has 0 saturated heterocycles. The van der Waals surface area contributed by atoms with Crippen molar-refractivity contribution in [1.82, 2.24) is 4.98 Å². The third-order valence-electron chi connectivity index (χ3n) is 7.84. The number of aromatic nitrogens is 1. The highest BCUT2D eigenvalue weighted by Gasteiger charge is 2.24. The summed E-state index contributed by atoms with van der Waals surface area (Å²) < 4.78 is 36.4. The summed E-state index contributed by atoms with van der Waals surface area (Å²) in [6, 6.07) is 27.8. The van der Waals surface area contributed by atoms with Crippen LogP contribution in [0.1, 0.15) is 38.3 Å². The first-order valence-corrected chi connectivity index (χ1v) is 17.0. The molecule has 5 rings (SSSR count). The standard InChI is InChI=1S/C36H38N4O5S/c1-6-36(2,3)25-20-24(23-46(5,42)43)34(44-4)31(21-25)40-35(41)39-30-16-17-32(29-15-11-10-14-28(29)30)45-27-18-19-37-33(22-27)38-26-12-8-7-9-13-26/h7-22H,6,23H2,1-5H3,(H,37,38)(H2,39,40,41). The number of rotatable bonds is 11. The number of nitrogens with one attached hydrogen (secondary N) is 3. The first kappa shape index (κ1) is 32.3. The highest BCUT2D eigenvalue weighted by atomic mass is 32.2. The van der Waals surface area contributed by atoms with Gasteiger partial charge in [-0.1, -0.05) is 69.3 Å². The zero-order valence-electron chi connectivity index (χ0n) is 26.5. The van der Waals surface area contributed by atoms with Crippen LogP contribution in [-0.2, 0) is 21.0 Å².